The fraction of sp³-hybridized carbons (Fsp3) is 0.286. The highest BCUT2D eigenvalue weighted by atomic mass is 19.1. The van der Waals surface area contributed by atoms with Gasteiger partial charge in [0, 0.05) is 31.4 Å². The van der Waals surface area contributed by atoms with Crippen LogP contribution in [0.4, 0.5) is 8.78 Å². The van der Waals surface area contributed by atoms with Gasteiger partial charge in [-0.3, -0.25) is 14.4 Å². The summed E-state index contributed by atoms with van der Waals surface area (Å²) in [5.41, 5.74) is 0.684. The highest BCUT2D eigenvalue weighted by Gasteiger charge is 2.17. The second-order valence-corrected chi connectivity index (χ2v) is 6.43. The largest absolute Gasteiger partial charge is 0.481 e. The van der Waals surface area contributed by atoms with E-state index in [1.807, 2.05) is 30.3 Å². The van der Waals surface area contributed by atoms with Gasteiger partial charge in [0.05, 0.1) is 5.56 Å². The molecule has 2 N–H and O–H groups in total. The number of amides is 1. The first-order chi connectivity index (χ1) is 13.3. The third-order valence-corrected chi connectivity index (χ3v) is 4.21. The van der Waals surface area contributed by atoms with Crippen LogP contribution in [0.3, 0.4) is 0 Å². The van der Waals surface area contributed by atoms with E-state index in [4.69, 9.17) is 5.11 Å². The number of carbonyl (C=O) groups excluding carboxylic acids is 2. The number of carbonyl (C=O) groups is 3. The van der Waals surface area contributed by atoms with Crippen LogP contribution in [0.2, 0.25) is 0 Å². The van der Waals surface area contributed by atoms with Crippen molar-refractivity contribution in [1.82, 2.24) is 5.32 Å². The van der Waals surface area contributed by atoms with E-state index in [9.17, 15) is 23.2 Å². The quantitative estimate of drug-likeness (QED) is 0.609. The minimum Gasteiger partial charge on any atom is -0.481 e. The number of aliphatic carboxylic acids is 1. The fourth-order valence-electron chi connectivity index (χ4n) is 2.80. The molecule has 0 saturated carbocycles. The molecule has 148 valence electrons. The molecule has 7 heteroatoms. The Hall–Kier alpha value is -3.09. The Labute approximate surface area is 161 Å². The maximum Gasteiger partial charge on any atom is 0.303 e. The van der Waals surface area contributed by atoms with Crippen LogP contribution in [0.25, 0.3) is 0 Å². The Morgan fingerprint density at radius 1 is 0.964 bits per heavy atom. The third kappa shape index (κ3) is 6.90. The van der Waals surface area contributed by atoms with Gasteiger partial charge in [-0.2, -0.15) is 0 Å². The normalized spacial score (nSPS) is 11.6. The zero-order chi connectivity index (χ0) is 20.5. The van der Waals surface area contributed by atoms with Crippen LogP contribution in [0.15, 0.2) is 48.5 Å². The van der Waals surface area contributed by atoms with Crippen molar-refractivity contribution < 1.29 is 28.3 Å². The molecular weight excluding hydrogens is 368 g/mol. The topological polar surface area (TPSA) is 83.5 Å². The van der Waals surface area contributed by atoms with Crippen LogP contribution in [0.5, 0.6) is 0 Å². The number of benzene rings is 2. The zero-order valence-corrected chi connectivity index (χ0v) is 15.2. The Morgan fingerprint density at radius 3 is 2.32 bits per heavy atom. The van der Waals surface area contributed by atoms with Gasteiger partial charge in [-0.05, 0) is 30.5 Å². The SMILES string of the molecule is O=C(O)CCC(Cc1ccccc1)NC(=O)CCC(=O)c1ccc(F)cc1F. The average molecular weight is 389 g/mol. The lowest BCUT2D eigenvalue weighted by Crippen LogP contribution is -2.37. The molecule has 2 aromatic carbocycles. The molecule has 0 saturated heterocycles. The average Bonchev–Trinajstić information content (AvgIpc) is 2.65. The molecule has 0 aliphatic rings. The number of ketones is 1. The Bertz CT molecular complexity index is 840. The van der Waals surface area contributed by atoms with Gasteiger partial charge < -0.3 is 10.4 Å². The first-order valence-corrected chi connectivity index (χ1v) is 8.88. The van der Waals surface area contributed by atoms with Gasteiger partial charge in [0.15, 0.2) is 5.78 Å². The number of hydrogen-bond acceptors (Lipinski definition) is 3. The van der Waals surface area contributed by atoms with Gasteiger partial charge in [-0.1, -0.05) is 30.3 Å². The van der Waals surface area contributed by atoms with Crippen molar-refractivity contribution >= 4 is 17.7 Å². The molecule has 1 atom stereocenters. The molecule has 5 nitrogen and oxygen atoms in total. The Kier molecular flexibility index (Phi) is 7.80. The van der Waals surface area contributed by atoms with E-state index in [0.717, 1.165) is 17.7 Å². The summed E-state index contributed by atoms with van der Waals surface area (Å²) in [7, 11) is 0. The van der Waals surface area contributed by atoms with Gasteiger partial charge in [-0.15, -0.1) is 0 Å². The lowest BCUT2D eigenvalue weighted by atomic mass is 10.0. The molecule has 0 aliphatic heterocycles. The molecule has 0 aromatic heterocycles. The lowest BCUT2D eigenvalue weighted by molar-refractivity contribution is -0.137. The number of nitrogens with one attached hydrogen (secondary N) is 1. The highest BCUT2D eigenvalue weighted by Crippen LogP contribution is 2.13. The van der Waals surface area contributed by atoms with Gasteiger partial charge in [-0.25, -0.2) is 8.78 Å². The number of hydrogen-bond donors (Lipinski definition) is 2. The maximum atomic E-state index is 13.6. The number of Topliss-reactive ketones (excluding diaryl/α,β-unsaturated/α-hetero) is 1. The van der Waals surface area contributed by atoms with E-state index in [0.29, 0.717) is 12.5 Å². The second kappa shape index (κ2) is 10.3. The first-order valence-electron chi connectivity index (χ1n) is 8.88. The maximum absolute atomic E-state index is 13.6. The van der Waals surface area contributed by atoms with Crippen molar-refractivity contribution in [3.63, 3.8) is 0 Å². The number of rotatable bonds is 10. The van der Waals surface area contributed by atoms with E-state index >= 15 is 0 Å². The third-order valence-electron chi connectivity index (χ3n) is 4.21. The standard InChI is InChI=1S/C21H21F2NO4/c22-15-6-8-17(18(23)13-15)19(25)9-10-20(26)24-16(7-11-21(27)28)12-14-4-2-1-3-5-14/h1-6,8,13,16H,7,9-12H2,(H,24,26)(H,27,28). The molecular formula is C21H21F2NO4. The van der Waals surface area contributed by atoms with Crippen molar-refractivity contribution in [2.75, 3.05) is 0 Å². The van der Waals surface area contributed by atoms with E-state index in [2.05, 4.69) is 5.32 Å². The van der Waals surface area contributed by atoms with Crippen LogP contribution >= 0.6 is 0 Å². The summed E-state index contributed by atoms with van der Waals surface area (Å²) in [4.78, 5) is 35.1. The predicted octanol–water partition coefficient (Wildman–Crippen LogP) is 3.52. The molecule has 28 heavy (non-hydrogen) atoms. The summed E-state index contributed by atoms with van der Waals surface area (Å²) in [6, 6.07) is 11.6. The van der Waals surface area contributed by atoms with Gasteiger partial charge in [0.25, 0.3) is 0 Å². The molecule has 2 rings (SSSR count). The molecule has 0 aliphatic carbocycles. The van der Waals surface area contributed by atoms with Crippen LogP contribution in [-0.4, -0.2) is 28.8 Å². The summed E-state index contributed by atoms with van der Waals surface area (Å²) >= 11 is 0. The molecule has 1 unspecified atom stereocenters. The van der Waals surface area contributed by atoms with E-state index in [-0.39, 0.29) is 31.2 Å². The van der Waals surface area contributed by atoms with E-state index in [1.54, 1.807) is 0 Å². The molecule has 1 amide bonds. The predicted molar refractivity (Wildman–Crippen MR) is 98.9 cm³/mol. The van der Waals surface area contributed by atoms with Crippen LogP contribution in [0, 0.1) is 11.6 Å². The monoisotopic (exact) mass is 389 g/mol. The first kappa shape index (κ1) is 21.2. The highest BCUT2D eigenvalue weighted by molar-refractivity contribution is 5.98. The number of carboxylic acids is 1. The number of halogens is 2. The van der Waals surface area contributed by atoms with Gasteiger partial charge in [0.1, 0.15) is 11.6 Å². The summed E-state index contributed by atoms with van der Waals surface area (Å²) in [5, 5.41) is 11.6. The molecule has 0 radical (unpaired) electrons. The van der Waals surface area contributed by atoms with Crippen molar-refractivity contribution in [3.05, 3.63) is 71.3 Å². The fourth-order valence-corrected chi connectivity index (χ4v) is 2.80. The van der Waals surface area contributed by atoms with Gasteiger partial charge in [0.2, 0.25) is 5.91 Å². The van der Waals surface area contributed by atoms with Crippen LogP contribution in [0.1, 0.15) is 41.6 Å². The zero-order valence-electron chi connectivity index (χ0n) is 15.2. The smallest absolute Gasteiger partial charge is 0.303 e. The molecule has 0 bridgehead atoms. The summed E-state index contributed by atoms with van der Waals surface area (Å²) in [6.45, 7) is 0. The minimum absolute atomic E-state index is 0.0997. The van der Waals surface area contributed by atoms with Crippen LogP contribution in [-0.2, 0) is 16.0 Å². The van der Waals surface area contributed by atoms with Crippen molar-refractivity contribution in [2.24, 2.45) is 0 Å². The molecule has 0 spiro atoms. The minimum atomic E-state index is -0.964. The lowest BCUT2D eigenvalue weighted by Gasteiger charge is -2.18. The van der Waals surface area contributed by atoms with E-state index < -0.39 is 35.3 Å². The molecule has 0 heterocycles. The van der Waals surface area contributed by atoms with Crippen LogP contribution < -0.4 is 5.32 Å². The Balaban J connectivity index is 1.92. The summed E-state index contributed by atoms with van der Waals surface area (Å²) in [5.74, 6) is -3.74. The van der Waals surface area contributed by atoms with Crippen molar-refractivity contribution in [1.29, 1.82) is 0 Å². The molecule has 0 fully saturated rings. The Morgan fingerprint density at radius 2 is 1.68 bits per heavy atom. The summed E-state index contributed by atoms with van der Waals surface area (Å²) < 4.78 is 26.6. The van der Waals surface area contributed by atoms with Crippen molar-refractivity contribution in [3.8, 4) is 0 Å². The van der Waals surface area contributed by atoms with E-state index in [1.165, 1.54) is 0 Å². The molecule has 2 aromatic rings. The second-order valence-electron chi connectivity index (χ2n) is 6.43. The summed E-state index contributed by atoms with van der Waals surface area (Å²) in [6.07, 6.45) is 0.202. The number of carboxylic acid groups (broad SMARTS) is 1. The van der Waals surface area contributed by atoms with Gasteiger partial charge >= 0.3 is 5.97 Å². The van der Waals surface area contributed by atoms with Crippen molar-refractivity contribution in [2.45, 2.75) is 38.1 Å².